The number of benzene rings is 1. The number of rotatable bonds is 4. The molecule has 1 atom stereocenters. The lowest BCUT2D eigenvalue weighted by atomic mass is 10.00. The van der Waals surface area contributed by atoms with Gasteiger partial charge in [-0.15, -0.1) is 0 Å². The van der Waals surface area contributed by atoms with Crippen LogP contribution in [0.15, 0.2) is 30.5 Å². The fourth-order valence-corrected chi connectivity index (χ4v) is 3.66. The van der Waals surface area contributed by atoms with Crippen molar-refractivity contribution < 1.29 is 9.59 Å². The Kier molecular flexibility index (Phi) is 4.57. The standard InChI is InChI=1S/C20H24N4O2/c1-23(13-15-12-21-16-6-2-3-7-17(16)22-15)20(26)18-8-4-5-11-24(18)19(25)14-9-10-14/h2-3,6-7,12,14,18H,4-5,8-11,13H2,1H3/t18-/m0/s1. The maximum Gasteiger partial charge on any atom is 0.245 e. The molecule has 2 aliphatic rings. The molecule has 136 valence electrons. The van der Waals surface area contributed by atoms with Gasteiger partial charge < -0.3 is 9.80 Å². The first kappa shape index (κ1) is 16.9. The van der Waals surface area contributed by atoms with E-state index in [1.54, 1.807) is 18.1 Å². The summed E-state index contributed by atoms with van der Waals surface area (Å²) in [6, 6.07) is 7.38. The molecule has 1 saturated carbocycles. The zero-order chi connectivity index (χ0) is 18.1. The number of amides is 2. The first-order chi connectivity index (χ1) is 12.6. The van der Waals surface area contributed by atoms with Gasteiger partial charge in [0.1, 0.15) is 6.04 Å². The van der Waals surface area contributed by atoms with Gasteiger partial charge in [-0.1, -0.05) is 12.1 Å². The Bertz CT molecular complexity index is 833. The van der Waals surface area contributed by atoms with Crippen LogP contribution in [-0.2, 0) is 16.1 Å². The summed E-state index contributed by atoms with van der Waals surface area (Å²) < 4.78 is 0. The van der Waals surface area contributed by atoms with Crippen molar-refractivity contribution >= 4 is 22.8 Å². The quantitative estimate of drug-likeness (QED) is 0.847. The topological polar surface area (TPSA) is 66.4 Å². The Labute approximate surface area is 153 Å². The minimum atomic E-state index is -0.324. The van der Waals surface area contributed by atoms with Crippen molar-refractivity contribution in [2.75, 3.05) is 13.6 Å². The molecule has 6 nitrogen and oxygen atoms in total. The molecule has 6 heteroatoms. The number of carbonyl (C=O) groups excluding carboxylic acids is 2. The summed E-state index contributed by atoms with van der Waals surface area (Å²) in [5.41, 5.74) is 2.43. The average Bonchev–Trinajstić information content (AvgIpc) is 3.52. The van der Waals surface area contributed by atoms with Crippen molar-refractivity contribution in [3.63, 3.8) is 0 Å². The highest BCUT2D eigenvalue weighted by Crippen LogP contribution is 2.33. The van der Waals surface area contributed by atoms with E-state index in [0.717, 1.165) is 48.8 Å². The number of fused-ring (bicyclic) bond motifs is 1. The lowest BCUT2D eigenvalue weighted by Gasteiger charge is -2.37. The summed E-state index contributed by atoms with van der Waals surface area (Å²) in [6.07, 6.45) is 6.40. The summed E-state index contributed by atoms with van der Waals surface area (Å²) in [5, 5.41) is 0. The first-order valence-electron chi connectivity index (χ1n) is 9.39. The van der Waals surface area contributed by atoms with Crippen LogP contribution in [0.2, 0.25) is 0 Å². The van der Waals surface area contributed by atoms with Crippen molar-refractivity contribution in [2.45, 2.75) is 44.7 Å². The van der Waals surface area contributed by atoms with Gasteiger partial charge in [-0.05, 0) is 44.2 Å². The van der Waals surface area contributed by atoms with Crippen LogP contribution in [0.25, 0.3) is 11.0 Å². The van der Waals surface area contributed by atoms with Crippen LogP contribution in [0.3, 0.4) is 0 Å². The highest BCUT2D eigenvalue weighted by atomic mass is 16.2. The molecule has 2 aromatic rings. The maximum atomic E-state index is 13.0. The van der Waals surface area contributed by atoms with Gasteiger partial charge in [0, 0.05) is 19.5 Å². The second kappa shape index (κ2) is 7.02. The summed E-state index contributed by atoms with van der Waals surface area (Å²) >= 11 is 0. The van der Waals surface area contributed by atoms with Gasteiger partial charge in [0.25, 0.3) is 0 Å². The Balaban J connectivity index is 1.47. The molecule has 1 aromatic carbocycles. The van der Waals surface area contributed by atoms with E-state index in [0.29, 0.717) is 13.1 Å². The average molecular weight is 352 g/mol. The number of nitrogens with zero attached hydrogens (tertiary/aromatic N) is 4. The smallest absolute Gasteiger partial charge is 0.245 e. The minimum Gasteiger partial charge on any atom is -0.338 e. The van der Waals surface area contributed by atoms with Crippen LogP contribution in [0.4, 0.5) is 0 Å². The summed E-state index contributed by atoms with van der Waals surface area (Å²) in [5.74, 6) is 0.329. The van der Waals surface area contributed by atoms with Gasteiger partial charge in [-0.3, -0.25) is 14.6 Å². The summed E-state index contributed by atoms with van der Waals surface area (Å²) in [4.78, 5) is 38.1. The number of hydrogen-bond acceptors (Lipinski definition) is 4. The number of aromatic nitrogens is 2. The normalized spacial score (nSPS) is 20.2. The zero-order valence-electron chi connectivity index (χ0n) is 15.1. The zero-order valence-corrected chi connectivity index (χ0v) is 15.1. The van der Waals surface area contributed by atoms with Crippen molar-refractivity contribution in [1.82, 2.24) is 19.8 Å². The molecule has 2 fully saturated rings. The predicted molar refractivity (Wildman–Crippen MR) is 98.1 cm³/mol. The molecule has 0 bridgehead atoms. The van der Waals surface area contributed by atoms with E-state index in [-0.39, 0.29) is 23.8 Å². The molecule has 0 spiro atoms. The molecule has 0 unspecified atom stereocenters. The molecule has 0 radical (unpaired) electrons. The maximum absolute atomic E-state index is 13.0. The molecule has 1 aromatic heterocycles. The number of likely N-dealkylation sites (tertiary alicyclic amines) is 1. The molecule has 1 saturated heterocycles. The highest BCUT2D eigenvalue weighted by molar-refractivity contribution is 5.89. The minimum absolute atomic E-state index is 0.00802. The Morgan fingerprint density at radius 2 is 1.92 bits per heavy atom. The molecule has 4 rings (SSSR count). The lowest BCUT2D eigenvalue weighted by molar-refractivity contribution is -0.148. The molecule has 1 aliphatic heterocycles. The van der Waals surface area contributed by atoms with E-state index in [4.69, 9.17) is 0 Å². The number of para-hydroxylation sites is 2. The second-order valence-electron chi connectivity index (χ2n) is 7.36. The summed E-state index contributed by atoms with van der Waals surface area (Å²) in [7, 11) is 1.79. The largest absolute Gasteiger partial charge is 0.338 e. The van der Waals surface area contributed by atoms with E-state index in [1.165, 1.54) is 0 Å². The molecule has 2 amide bonds. The Morgan fingerprint density at radius 1 is 1.15 bits per heavy atom. The van der Waals surface area contributed by atoms with Crippen molar-refractivity contribution in [2.24, 2.45) is 5.92 Å². The molecule has 0 N–H and O–H groups in total. The molecular formula is C20H24N4O2. The Morgan fingerprint density at radius 3 is 2.69 bits per heavy atom. The monoisotopic (exact) mass is 352 g/mol. The fraction of sp³-hybridized carbons (Fsp3) is 0.500. The van der Waals surface area contributed by atoms with Crippen LogP contribution in [0.1, 0.15) is 37.8 Å². The number of piperidine rings is 1. The predicted octanol–water partition coefficient (Wildman–Crippen LogP) is 2.38. The third-order valence-electron chi connectivity index (χ3n) is 5.27. The molecule has 1 aliphatic carbocycles. The van der Waals surface area contributed by atoms with E-state index >= 15 is 0 Å². The van der Waals surface area contributed by atoms with Crippen molar-refractivity contribution in [1.29, 1.82) is 0 Å². The Hall–Kier alpha value is -2.50. The van der Waals surface area contributed by atoms with Gasteiger partial charge in [0.2, 0.25) is 11.8 Å². The van der Waals surface area contributed by atoms with Gasteiger partial charge in [-0.25, -0.2) is 4.98 Å². The van der Waals surface area contributed by atoms with E-state index in [1.807, 2.05) is 29.2 Å². The van der Waals surface area contributed by atoms with Crippen LogP contribution >= 0.6 is 0 Å². The SMILES string of the molecule is CN(Cc1cnc2ccccc2n1)C(=O)[C@@H]1CCCCN1C(=O)C1CC1. The van der Waals surface area contributed by atoms with E-state index < -0.39 is 0 Å². The molecular weight excluding hydrogens is 328 g/mol. The third-order valence-corrected chi connectivity index (χ3v) is 5.27. The van der Waals surface area contributed by atoms with E-state index in [9.17, 15) is 9.59 Å². The lowest BCUT2D eigenvalue weighted by Crippen LogP contribution is -2.52. The number of likely N-dealkylation sites (N-methyl/N-ethyl adjacent to an activating group) is 1. The third kappa shape index (κ3) is 3.41. The fourth-order valence-electron chi connectivity index (χ4n) is 3.66. The van der Waals surface area contributed by atoms with Crippen molar-refractivity contribution in [3.8, 4) is 0 Å². The van der Waals surface area contributed by atoms with Gasteiger partial charge in [-0.2, -0.15) is 0 Å². The van der Waals surface area contributed by atoms with Crippen LogP contribution in [0, 0.1) is 5.92 Å². The van der Waals surface area contributed by atoms with Crippen LogP contribution in [-0.4, -0.2) is 51.2 Å². The second-order valence-corrected chi connectivity index (χ2v) is 7.36. The highest BCUT2D eigenvalue weighted by Gasteiger charge is 2.40. The van der Waals surface area contributed by atoms with E-state index in [2.05, 4.69) is 9.97 Å². The van der Waals surface area contributed by atoms with Crippen LogP contribution in [0.5, 0.6) is 0 Å². The number of carbonyl (C=O) groups is 2. The first-order valence-corrected chi connectivity index (χ1v) is 9.39. The van der Waals surface area contributed by atoms with Gasteiger partial charge in [0.05, 0.1) is 29.5 Å². The van der Waals surface area contributed by atoms with Gasteiger partial charge >= 0.3 is 0 Å². The van der Waals surface area contributed by atoms with Crippen molar-refractivity contribution in [3.05, 3.63) is 36.2 Å². The molecule has 2 heterocycles. The molecule has 26 heavy (non-hydrogen) atoms. The number of hydrogen-bond donors (Lipinski definition) is 0. The van der Waals surface area contributed by atoms with Crippen LogP contribution < -0.4 is 0 Å². The summed E-state index contributed by atoms with van der Waals surface area (Å²) in [6.45, 7) is 1.11. The van der Waals surface area contributed by atoms with Gasteiger partial charge in [0.15, 0.2) is 0 Å².